The highest BCUT2D eigenvalue weighted by atomic mass is 19.1. The maximum absolute atomic E-state index is 15.6. The number of alkyl halides is 1. The number of amides is 1. The number of aryl methyl sites for hydroxylation is 1. The Hall–Kier alpha value is -3.89. The minimum Gasteiger partial charge on any atom is -0.375 e. The van der Waals surface area contributed by atoms with E-state index in [0.717, 1.165) is 80.0 Å². The summed E-state index contributed by atoms with van der Waals surface area (Å²) in [6.07, 6.45) is 11.1. The van der Waals surface area contributed by atoms with Crippen LogP contribution in [0.3, 0.4) is 0 Å². The minimum absolute atomic E-state index is 0.0421. The Morgan fingerprint density at radius 2 is 1.91 bits per heavy atom. The van der Waals surface area contributed by atoms with Crippen LogP contribution >= 0.6 is 0 Å². The molecule has 0 saturated carbocycles. The molecule has 3 aromatic heterocycles. The molecule has 2 atom stereocenters. The summed E-state index contributed by atoms with van der Waals surface area (Å²) in [6, 6.07) is 10.1. The maximum atomic E-state index is 15.6. The first-order chi connectivity index (χ1) is 22.7. The van der Waals surface area contributed by atoms with Crippen molar-refractivity contribution in [2.45, 2.75) is 82.5 Å². The average Bonchev–Trinajstić information content (AvgIpc) is 3.54. The standard InChI is InChI=1S/C37H42F2N6O2/c1-24(2)37(39)10-6-32-29(21-37)19-27-18-28(20-30(38)34(27)43-32)35(46)44-33(8-14-45-15-11-36(12-16-45)9-3-17-47-36)25-4-5-31(40-22-25)26-7-13-41-42-23-26/h4-5,7,13,18-20,22-24,33H,3,6,8-12,14-17,21H2,1-2H3,(H,44,46)/t33?,37-/m0/s1. The average molecular weight is 641 g/mol. The number of nitrogens with zero attached hydrogens (tertiary/aromatic N) is 5. The Labute approximate surface area is 274 Å². The van der Waals surface area contributed by atoms with Crippen LogP contribution in [0, 0.1) is 11.7 Å². The number of fused-ring (bicyclic) bond motifs is 2. The lowest BCUT2D eigenvalue weighted by molar-refractivity contribution is -0.0436. The van der Waals surface area contributed by atoms with Gasteiger partial charge in [0, 0.05) is 61.1 Å². The van der Waals surface area contributed by atoms with Gasteiger partial charge in [0.2, 0.25) is 0 Å². The quantitative estimate of drug-likeness (QED) is 0.233. The molecule has 1 aliphatic carbocycles. The number of pyridine rings is 2. The van der Waals surface area contributed by atoms with Gasteiger partial charge in [-0.3, -0.25) is 9.78 Å². The van der Waals surface area contributed by atoms with E-state index in [2.05, 4.69) is 30.4 Å². The molecule has 7 rings (SSSR count). The molecule has 3 aliphatic rings. The second-order valence-corrected chi connectivity index (χ2v) is 13.9. The summed E-state index contributed by atoms with van der Waals surface area (Å²) in [5, 5.41) is 11.5. The van der Waals surface area contributed by atoms with Crippen molar-refractivity contribution in [2.24, 2.45) is 5.92 Å². The van der Waals surface area contributed by atoms with Crippen LogP contribution in [0.15, 0.2) is 55.0 Å². The fourth-order valence-electron chi connectivity index (χ4n) is 7.48. The van der Waals surface area contributed by atoms with Crippen molar-refractivity contribution in [1.29, 1.82) is 0 Å². The van der Waals surface area contributed by atoms with Gasteiger partial charge < -0.3 is 15.0 Å². The number of nitrogens with one attached hydrogen (secondary N) is 1. The van der Waals surface area contributed by atoms with Crippen molar-refractivity contribution in [1.82, 2.24) is 30.4 Å². The molecule has 2 fully saturated rings. The maximum Gasteiger partial charge on any atom is 0.251 e. The molecule has 1 unspecified atom stereocenters. The molecule has 1 aromatic carbocycles. The Bertz CT molecular complexity index is 1740. The predicted octanol–water partition coefficient (Wildman–Crippen LogP) is 6.59. The van der Waals surface area contributed by atoms with Crippen LogP contribution in [0.2, 0.25) is 0 Å². The number of hydrogen-bond donors (Lipinski definition) is 1. The van der Waals surface area contributed by atoms with Crippen LogP contribution in [0.4, 0.5) is 8.78 Å². The van der Waals surface area contributed by atoms with Crippen LogP contribution in [-0.2, 0) is 17.6 Å². The normalized spacial score (nSPS) is 21.6. The fourth-order valence-corrected chi connectivity index (χ4v) is 7.48. The molecule has 4 aromatic rings. The first-order valence-corrected chi connectivity index (χ1v) is 16.9. The van der Waals surface area contributed by atoms with E-state index < -0.39 is 11.5 Å². The zero-order valence-electron chi connectivity index (χ0n) is 27.1. The molecule has 8 nitrogen and oxygen atoms in total. The number of hydrogen-bond acceptors (Lipinski definition) is 7. The second kappa shape index (κ2) is 13.0. The molecule has 2 aliphatic heterocycles. The highest BCUT2D eigenvalue weighted by Crippen LogP contribution is 2.38. The zero-order chi connectivity index (χ0) is 32.6. The van der Waals surface area contributed by atoms with Crippen molar-refractivity contribution in [3.63, 3.8) is 0 Å². The van der Waals surface area contributed by atoms with E-state index in [1.807, 2.05) is 38.1 Å². The number of likely N-dealkylation sites (tertiary alicyclic amines) is 1. The topological polar surface area (TPSA) is 93.1 Å². The fraction of sp³-hybridized carbons (Fsp3) is 0.486. The van der Waals surface area contributed by atoms with Crippen LogP contribution in [0.1, 0.15) is 85.6 Å². The van der Waals surface area contributed by atoms with Gasteiger partial charge in [-0.25, -0.2) is 13.8 Å². The van der Waals surface area contributed by atoms with E-state index in [1.54, 1.807) is 24.7 Å². The number of halogens is 2. The van der Waals surface area contributed by atoms with E-state index >= 15 is 8.78 Å². The van der Waals surface area contributed by atoms with Crippen molar-refractivity contribution < 1.29 is 18.3 Å². The largest absolute Gasteiger partial charge is 0.375 e. The van der Waals surface area contributed by atoms with E-state index in [1.165, 1.54) is 6.07 Å². The molecule has 0 radical (unpaired) electrons. The number of piperidine rings is 1. The van der Waals surface area contributed by atoms with Gasteiger partial charge in [-0.05, 0) is 92.3 Å². The number of ether oxygens (including phenoxy) is 1. The Balaban J connectivity index is 1.12. The van der Waals surface area contributed by atoms with Crippen molar-refractivity contribution in [3.8, 4) is 11.3 Å². The number of carbonyl (C=O) groups excluding carboxylic acids is 1. The summed E-state index contributed by atoms with van der Waals surface area (Å²) in [5.74, 6) is -1.07. The number of rotatable bonds is 8. The lowest BCUT2D eigenvalue weighted by Crippen LogP contribution is -2.44. The molecule has 10 heteroatoms. The SMILES string of the molecule is CC(C)[C@]1(F)CCc2nc3c(F)cc(C(=O)NC(CCN4CCC5(CCCO5)CC4)c4ccc(-c5ccnnc5)nc4)cc3cc2C1. The summed E-state index contributed by atoms with van der Waals surface area (Å²) in [4.78, 5) is 25.5. The highest BCUT2D eigenvalue weighted by Gasteiger charge is 2.39. The Morgan fingerprint density at radius 1 is 1.06 bits per heavy atom. The third-order valence-corrected chi connectivity index (χ3v) is 10.7. The lowest BCUT2D eigenvalue weighted by Gasteiger charge is -2.39. The van der Waals surface area contributed by atoms with Gasteiger partial charge in [-0.1, -0.05) is 19.9 Å². The van der Waals surface area contributed by atoms with E-state index in [9.17, 15) is 4.79 Å². The van der Waals surface area contributed by atoms with Gasteiger partial charge in [0.25, 0.3) is 5.91 Å². The number of aromatic nitrogens is 4. The molecular formula is C37H42F2N6O2. The first-order valence-electron chi connectivity index (χ1n) is 16.9. The molecule has 1 N–H and O–H groups in total. The van der Waals surface area contributed by atoms with Crippen molar-refractivity contribution in [3.05, 3.63) is 83.2 Å². The van der Waals surface area contributed by atoms with Gasteiger partial charge in [0.1, 0.15) is 17.0 Å². The third-order valence-electron chi connectivity index (χ3n) is 10.7. The second-order valence-electron chi connectivity index (χ2n) is 13.9. The van der Waals surface area contributed by atoms with Gasteiger partial charge in [-0.2, -0.15) is 10.2 Å². The van der Waals surface area contributed by atoms with Gasteiger partial charge in [0.15, 0.2) is 0 Å². The van der Waals surface area contributed by atoms with E-state index in [4.69, 9.17) is 4.74 Å². The van der Waals surface area contributed by atoms with Crippen LogP contribution in [0.5, 0.6) is 0 Å². The smallest absolute Gasteiger partial charge is 0.251 e. The molecule has 47 heavy (non-hydrogen) atoms. The minimum atomic E-state index is -1.32. The summed E-state index contributed by atoms with van der Waals surface area (Å²) in [7, 11) is 0. The number of benzene rings is 1. The van der Waals surface area contributed by atoms with Gasteiger partial charge in [0.05, 0.1) is 29.7 Å². The molecule has 5 heterocycles. The van der Waals surface area contributed by atoms with E-state index in [-0.39, 0.29) is 41.0 Å². The number of carbonyl (C=O) groups is 1. The third kappa shape index (κ3) is 6.63. The predicted molar refractivity (Wildman–Crippen MR) is 176 cm³/mol. The summed E-state index contributed by atoms with van der Waals surface area (Å²) < 4.78 is 37.2. The summed E-state index contributed by atoms with van der Waals surface area (Å²) in [5.41, 5.74) is 3.15. The van der Waals surface area contributed by atoms with Crippen LogP contribution in [0.25, 0.3) is 22.2 Å². The summed E-state index contributed by atoms with van der Waals surface area (Å²) >= 11 is 0. The Morgan fingerprint density at radius 3 is 2.62 bits per heavy atom. The van der Waals surface area contributed by atoms with E-state index in [0.29, 0.717) is 24.6 Å². The molecule has 246 valence electrons. The lowest BCUT2D eigenvalue weighted by atomic mass is 9.77. The zero-order valence-corrected chi connectivity index (χ0v) is 27.1. The molecule has 0 bridgehead atoms. The first kappa shape index (κ1) is 31.7. The van der Waals surface area contributed by atoms with Gasteiger partial charge in [-0.15, -0.1) is 0 Å². The molecule has 2 saturated heterocycles. The van der Waals surface area contributed by atoms with Gasteiger partial charge >= 0.3 is 0 Å². The highest BCUT2D eigenvalue weighted by molar-refractivity contribution is 5.98. The Kier molecular flexibility index (Phi) is 8.74. The molecular weight excluding hydrogens is 598 g/mol. The van der Waals surface area contributed by atoms with Crippen LogP contribution in [-0.4, -0.2) is 68.5 Å². The molecule has 1 spiro atoms. The summed E-state index contributed by atoms with van der Waals surface area (Å²) in [6.45, 7) is 7.34. The van der Waals surface area contributed by atoms with Crippen molar-refractivity contribution in [2.75, 3.05) is 26.2 Å². The molecule has 1 amide bonds. The van der Waals surface area contributed by atoms with Crippen LogP contribution < -0.4 is 5.32 Å². The monoisotopic (exact) mass is 640 g/mol. The van der Waals surface area contributed by atoms with Crippen molar-refractivity contribution >= 4 is 16.8 Å².